The van der Waals surface area contributed by atoms with Crippen LogP contribution in [-0.4, -0.2) is 41.2 Å². The van der Waals surface area contributed by atoms with Gasteiger partial charge in [-0.05, 0) is 100 Å². The van der Waals surface area contributed by atoms with Crippen LogP contribution >= 0.6 is 0 Å². The number of likely N-dealkylation sites (tertiary alicyclic amines) is 1. The van der Waals surface area contributed by atoms with Crippen molar-refractivity contribution in [1.29, 1.82) is 0 Å². The second kappa shape index (κ2) is 8.59. The molecule has 0 aromatic carbocycles. The van der Waals surface area contributed by atoms with Crippen molar-refractivity contribution in [2.24, 2.45) is 5.41 Å². The van der Waals surface area contributed by atoms with Gasteiger partial charge in [0.15, 0.2) is 0 Å². The summed E-state index contributed by atoms with van der Waals surface area (Å²) < 4.78 is 19.2. The lowest BCUT2D eigenvalue weighted by Crippen LogP contribution is -2.38. The van der Waals surface area contributed by atoms with E-state index in [4.69, 9.17) is 4.74 Å². The van der Waals surface area contributed by atoms with Crippen molar-refractivity contribution >= 4 is 0 Å². The topological polar surface area (TPSA) is 38.2 Å². The molecule has 1 atom stereocenters. The highest BCUT2D eigenvalue weighted by molar-refractivity contribution is 5.42. The third-order valence-corrected chi connectivity index (χ3v) is 7.85. The van der Waals surface area contributed by atoms with Crippen LogP contribution in [0.2, 0.25) is 0 Å². The van der Waals surface area contributed by atoms with Gasteiger partial charge >= 0.3 is 0 Å². The van der Waals surface area contributed by atoms with Crippen LogP contribution in [0.1, 0.15) is 67.8 Å². The number of aryl methyl sites for hydroxylation is 2. The van der Waals surface area contributed by atoms with Crippen LogP contribution in [0.25, 0.3) is 0 Å². The lowest BCUT2D eigenvalue weighted by atomic mass is 9.82. The summed E-state index contributed by atoms with van der Waals surface area (Å²) >= 11 is 0. The fraction of sp³-hybridized carbons (Fsp3) is 0.615. The number of pyridine rings is 2. The van der Waals surface area contributed by atoms with Crippen molar-refractivity contribution in [1.82, 2.24) is 14.9 Å². The fourth-order valence-electron chi connectivity index (χ4n) is 5.89. The first-order chi connectivity index (χ1) is 15.1. The molecule has 4 nitrogen and oxygen atoms in total. The molecule has 3 aliphatic rings. The van der Waals surface area contributed by atoms with Gasteiger partial charge < -0.3 is 4.74 Å². The number of hydrogen-bond acceptors (Lipinski definition) is 4. The maximum Gasteiger partial charge on any atom is 0.141 e. The molecule has 0 unspecified atom stereocenters. The van der Waals surface area contributed by atoms with Gasteiger partial charge in [-0.2, -0.15) is 0 Å². The Morgan fingerprint density at radius 3 is 2.74 bits per heavy atom. The van der Waals surface area contributed by atoms with Gasteiger partial charge in [0.25, 0.3) is 0 Å². The Bertz CT molecular complexity index is 911. The van der Waals surface area contributed by atoms with E-state index in [1.807, 2.05) is 6.07 Å². The molecule has 5 heteroatoms. The van der Waals surface area contributed by atoms with Crippen LogP contribution in [0, 0.1) is 11.2 Å². The molecule has 2 aliphatic carbocycles. The minimum absolute atomic E-state index is 0.143. The number of nitrogens with zero attached hydrogens (tertiary/aromatic N) is 3. The van der Waals surface area contributed by atoms with E-state index < -0.39 is 0 Å². The molecule has 2 aromatic rings. The number of rotatable bonds is 8. The van der Waals surface area contributed by atoms with Crippen molar-refractivity contribution in [3.63, 3.8) is 0 Å². The highest BCUT2D eigenvalue weighted by Gasteiger charge is 2.55. The molecule has 0 bridgehead atoms. The van der Waals surface area contributed by atoms with Gasteiger partial charge in [-0.15, -0.1) is 0 Å². The average Bonchev–Trinajstić information content (AvgIpc) is 3.51. The van der Waals surface area contributed by atoms with Gasteiger partial charge in [0.1, 0.15) is 5.82 Å². The quantitative estimate of drug-likeness (QED) is 0.609. The van der Waals surface area contributed by atoms with E-state index >= 15 is 0 Å². The molecule has 0 spiro atoms. The maximum absolute atomic E-state index is 13.2. The first-order valence-corrected chi connectivity index (χ1v) is 12.0. The van der Waals surface area contributed by atoms with Gasteiger partial charge in [0, 0.05) is 42.2 Å². The number of hydrogen-bond donors (Lipinski definition) is 0. The molecule has 5 rings (SSSR count). The van der Waals surface area contributed by atoms with E-state index in [1.54, 1.807) is 5.56 Å². The third-order valence-electron chi connectivity index (χ3n) is 7.85. The summed E-state index contributed by atoms with van der Waals surface area (Å²) in [7, 11) is 0. The van der Waals surface area contributed by atoms with Gasteiger partial charge in [-0.3, -0.25) is 14.9 Å². The van der Waals surface area contributed by atoms with Gasteiger partial charge in [-0.25, -0.2) is 4.39 Å². The van der Waals surface area contributed by atoms with Crippen molar-refractivity contribution in [2.45, 2.75) is 70.3 Å². The molecule has 1 saturated carbocycles. The average molecular weight is 424 g/mol. The zero-order valence-electron chi connectivity index (χ0n) is 18.7. The largest absolute Gasteiger partial charge is 0.381 e. The van der Waals surface area contributed by atoms with Crippen molar-refractivity contribution in [3.05, 3.63) is 58.9 Å². The molecule has 166 valence electrons. The monoisotopic (exact) mass is 423 g/mol. The third kappa shape index (κ3) is 4.14. The Labute approximate surface area is 185 Å². The lowest BCUT2D eigenvalue weighted by molar-refractivity contribution is 0.0441. The van der Waals surface area contributed by atoms with Crippen molar-refractivity contribution in [3.8, 4) is 0 Å². The predicted molar refractivity (Wildman–Crippen MR) is 119 cm³/mol. The standard InChI is InChI=1S/C26H34FN3O/c1-2-31-19-25(10-9-22-8-7-21(27)16-29-22)13-14-30(18-25)26(11-12-26)24-17-28-15-20-5-3-4-6-23(20)24/h7-8,15-17H,2-6,9-14,18-19H2,1H3/t25-/m1/s1. The van der Waals surface area contributed by atoms with E-state index in [-0.39, 0.29) is 16.8 Å². The van der Waals surface area contributed by atoms with E-state index in [0.29, 0.717) is 0 Å². The Morgan fingerprint density at radius 1 is 1.10 bits per heavy atom. The number of aromatic nitrogens is 2. The zero-order chi connectivity index (χ0) is 21.3. The Balaban J connectivity index is 1.35. The van der Waals surface area contributed by atoms with Crippen molar-refractivity contribution < 1.29 is 9.13 Å². The van der Waals surface area contributed by atoms with Crippen LogP contribution in [0.3, 0.4) is 0 Å². The fourth-order valence-corrected chi connectivity index (χ4v) is 5.89. The van der Waals surface area contributed by atoms with E-state index in [2.05, 4.69) is 34.2 Å². The first-order valence-electron chi connectivity index (χ1n) is 12.0. The first kappa shape index (κ1) is 21.0. The summed E-state index contributed by atoms with van der Waals surface area (Å²) in [4.78, 5) is 11.7. The van der Waals surface area contributed by atoms with Gasteiger partial charge in [0.2, 0.25) is 0 Å². The molecule has 2 fully saturated rings. The smallest absolute Gasteiger partial charge is 0.141 e. The summed E-state index contributed by atoms with van der Waals surface area (Å²) in [6, 6.07) is 3.34. The Morgan fingerprint density at radius 2 is 1.97 bits per heavy atom. The summed E-state index contributed by atoms with van der Waals surface area (Å²) in [5.41, 5.74) is 5.89. The van der Waals surface area contributed by atoms with Crippen molar-refractivity contribution in [2.75, 3.05) is 26.3 Å². The van der Waals surface area contributed by atoms with Crippen LogP contribution in [0.15, 0.2) is 30.7 Å². The number of halogens is 1. The SMILES string of the molecule is CCOC[C@]1(CCc2ccc(F)cn2)CCN(C2(c3cncc4c3CCCC4)CC2)C1. The molecular weight excluding hydrogens is 389 g/mol. The minimum Gasteiger partial charge on any atom is -0.381 e. The summed E-state index contributed by atoms with van der Waals surface area (Å²) in [5.74, 6) is -0.268. The molecule has 0 N–H and O–H groups in total. The van der Waals surface area contributed by atoms with E-state index in [0.717, 1.165) is 51.3 Å². The zero-order valence-corrected chi connectivity index (χ0v) is 18.7. The lowest BCUT2D eigenvalue weighted by Gasteiger charge is -2.34. The minimum atomic E-state index is -0.268. The van der Waals surface area contributed by atoms with E-state index in [9.17, 15) is 4.39 Å². The molecule has 1 saturated heterocycles. The normalized spacial score (nSPS) is 24.8. The second-order valence-corrected chi connectivity index (χ2v) is 9.84. The molecule has 31 heavy (non-hydrogen) atoms. The van der Waals surface area contributed by atoms with Crippen LogP contribution in [-0.2, 0) is 29.5 Å². The van der Waals surface area contributed by atoms with Crippen LogP contribution < -0.4 is 0 Å². The summed E-state index contributed by atoms with van der Waals surface area (Å²) in [6.45, 7) is 5.80. The molecule has 3 heterocycles. The maximum atomic E-state index is 13.2. The van der Waals surface area contributed by atoms with E-state index in [1.165, 1.54) is 61.9 Å². The number of fused-ring (bicyclic) bond motifs is 1. The summed E-state index contributed by atoms with van der Waals surface area (Å²) in [6.07, 6.45) is 16.1. The van der Waals surface area contributed by atoms with Gasteiger partial charge in [-0.1, -0.05) is 0 Å². The second-order valence-electron chi connectivity index (χ2n) is 9.84. The summed E-state index contributed by atoms with van der Waals surface area (Å²) in [5, 5.41) is 0. The Kier molecular flexibility index (Phi) is 5.82. The Hall–Kier alpha value is -1.85. The molecule has 1 aliphatic heterocycles. The molecule has 0 radical (unpaired) electrons. The predicted octanol–water partition coefficient (Wildman–Crippen LogP) is 4.85. The van der Waals surface area contributed by atoms with Crippen LogP contribution in [0.5, 0.6) is 0 Å². The molecule has 2 aromatic heterocycles. The molecular formula is C26H34FN3O. The molecule has 0 amide bonds. The van der Waals surface area contributed by atoms with Crippen LogP contribution in [0.4, 0.5) is 4.39 Å². The highest BCUT2D eigenvalue weighted by Crippen LogP contribution is 2.56. The highest BCUT2D eigenvalue weighted by atomic mass is 19.1. The van der Waals surface area contributed by atoms with Gasteiger partial charge in [0.05, 0.1) is 12.8 Å². The number of ether oxygens (including phenoxy) is 1.